The summed E-state index contributed by atoms with van der Waals surface area (Å²) in [6.45, 7) is 5.51. The highest BCUT2D eigenvalue weighted by atomic mass is 16.5. The van der Waals surface area contributed by atoms with Gasteiger partial charge in [0.1, 0.15) is 6.04 Å². The van der Waals surface area contributed by atoms with Crippen LogP contribution in [-0.4, -0.2) is 29.1 Å². The van der Waals surface area contributed by atoms with E-state index in [2.05, 4.69) is 29.0 Å². The number of nitrogens with two attached hydrogens (primary N) is 1. The number of hydrogen-bond acceptors (Lipinski definition) is 4. The number of carbonyl (C=O) groups excluding carboxylic acids is 2. The van der Waals surface area contributed by atoms with Gasteiger partial charge >= 0.3 is 0 Å². The minimum atomic E-state index is -1.03. The van der Waals surface area contributed by atoms with Gasteiger partial charge in [-0.25, -0.2) is 5.48 Å². The summed E-state index contributed by atoms with van der Waals surface area (Å²) in [5.74, 6) is 10.3. The van der Waals surface area contributed by atoms with E-state index in [0.717, 1.165) is 5.56 Å². The Labute approximate surface area is 141 Å². The Bertz CT molecular complexity index is 701. The van der Waals surface area contributed by atoms with Gasteiger partial charge in [-0.15, -0.1) is 0 Å². The predicted molar refractivity (Wildman–Crippen MR) is 90.8 cm³/mol. The SMILES string of the molecule is CC(C)C#CC#Cc1ccc(C(=O)NC(C(=O)NO)[C@@H](C)N)cc1. The zero-order valence-corrected chi connectivity index (χ0v) is 13.9. The standard InChI is InChI=1S/C18H21N3O3/c1-12(2)6-4-5-7-14-8-10-15(11-9-14)17(22)20-16(13(3)19)18(23)21-24/h8-13,16,24H,19H2,1-3H3,(H,20,22)(H,21,23)/t13-,16?/m1/s1. The Morgan fingerprint density at radius 1 is 1.12 bits per heavy atom. The van der Waals surface area contributed by atoms with E-state index in [1.807, 2.05) is 13.8 Å². The molecular weight excluding hydrogens is 306 g/mol. The second-order valence-corrected chi connectivity index (χ2v) is 5.54. The summed E-state index contributed by atoms with van der Waals surface area (Å²) in [6.07, 6.45) is 0. The van der Waals surface area contributed by atoms with E-state index in [-0.39, 0.29) is 5.92 Å². The fraction of sp³-hybridized carbons (Fsp3) is 0.333. The second-order valence-electron chi connectivity index (χ2n) is 5.54. The molecule has 6 nitrogen and oxygen atoms in total. The summed E-state index contributed by atoms with van der Waals surface area (Å²) in [6, 6.07) is 4.85. The molecule has 0 aliphatic heterocycles. The van der Waals surface area contributed by atoms with Crippen molar-refractivity contribution in [1.82, 2.24) is 10.8 Å². The van der Waals surface area contributed by atoms with Crippen molar-refractivity contribution < 1.29 is 14.8 Å². The Balaban J connectivity index is 2.80. The minimum absolute atomic E-state index is 0.263. The first-order valence-corrected chi connectivity index (χ1v) is 7.47. The van der Waals surface area contributed by atoms with E-state index in [1.54, 1.807) is 31.2 Å². The van der Waals surface area contributed by atoms with Gasteiger partial charge in [0.05, 0.1) is 0 Å². The first-order chi connectivity index (χ1) is 11.3. The molecule has 0 bridgehead atoms. The molecule has 0 saturated carbocycles. The third-order valence-electron chi connectivity index (χ3n) is 2.98. The average Bonchev–Trinajstić information content (AvgIpc) is 2.55. The summed E-state index contributed by atoms with van der Waals surface area (Å²) >= 11 is 0. The van der Waals surface area contributed by atoms with Gasteiger partial charge in [-0.05, 0) is 43.0 Å². The number of amides is 2. The van der Waals surface area contributed by atoms with Crippen molar-refractivity contribution in [3.8, 4) is 23.7 Å². The first kappa shape index (κ1) is 19.2. The normalized spacial score (nSPS) is 12.1. The van der Waals surface area contributed by atoms with Gasteiger partial charge in [0.2, 0.25) is 0 Å². The summed E-state index contributed by atoms with van der Waals surface area (Å²) in [4.78, 5) is 23.6. The van der Waals surface area contributed by atoms with Crippen molar-refractivity contribution in [2.75, 3.05) is 0 Å². The highest BCUT2D eigenvalue weighted by Gasteiger charge is 2.24. The Morgan fingerprint density at radius 2 is 1.75 bits per heavy atom. The van der Waals surface area contributed by atoms with Gasteiger partial charge in [0, 0.05) is 23.1 Å². The molecule has 1 aromatic rings. The molecule has 0 spiro atoms. The fourth-order valence-electron chi connectivity index (χ4n) is 1.72. The van der Waals surface area contributed by atoms with E-state index < -0.39 is 23.9 Å². The van der Waals surface area contributed by atoms with Crippen LogP contribution in [0.1, 0.15) is 36.7 Å². The summed E-state index contributed by atoms with van der Waals surface area (Å²) in [7, 11) is 0. The maximum atomic E-state index is 12.1. The molecular formula is C18H21N3O3. The van der Waals surface area contributed by atoms with Gasteiger partial charge in [0.25, 0.3) is 11.8 Å². The topological polar surface area (TPSA) is 104 Å². The minimum Gasteiger partial charge on any atom is -0.339 e. The smallest absolute Gasteiger partial charge is 0.267 e. The van der Waals surface area contributed by atoms with Crippen molar-refractivity contribution in [3.63, 3.8) is 0 Å². The molecule has 5 N–H and O–H groups in total. The molecule has 126 valence electrons. The van der Waals surface area contributed by atoms with E-state index in [4.69, 9.17) is 10.9 Å². The van der Waals surface area contributed by atoms with Crippen molar-refractivity contribution >= 4 is 11.8 Å². The van der Waals surface area contributed by atoms with E-state index >= 15 is 0 Å². The zero-order valence-electron chi connectivity index (χ0n) is 13.9. The molecule has 0 fully saturated rings. The molecule has 2 amide bonds. The van der Waals surface area contributed by atoms with Gasteiger partial charge in [0.15, 0.2) is 0 Å². The van der Waals surface area contributed by atoms with Gasteiger partial charge in [-0.3, -0.25) is 14.8 Å². The number of benzene rings is 1. The highest BCUT2D eigenvalue weighted by molar-refractivity contribution is 5.97. The lowest BCUT2D eigenvalue weighted by Crippen LogP contribution is -2.54. The Hall–Kier alpha value is -2.80. The molecule has 0 aliphatic carbocycles. The lowest BCUT2D eigenvalue weighted by Gasteiger charge is -2.19. The number of nitrogens with one attached hydrogen (secondary N) is 2. The van der Waals surface area contributed by atoms with Crippen molar-refractivity contribution in [3.05, 3.63) is 35.4 Å². The summed E-state index contributed by atoms with van der Waals surface area (Å²) < 4.78 is 0. The lowest BCUT2D eigenvalue weighted by molar-refractivity contribution is -0.131. The average molecular weight is 327 g/mol. The largest absolute Gasteiger partial charge is 0.339 e. The number of hydrogen-bond donors (Lipinski definition) is 4. The van der Waals surface area contributed by atoms with Gasteiger partial charge < -0.3 is 11.1 Å². The van der Waals surface area contributed by atoms with Crippen LogP contribution in [-0.2, 0) is 4.79 Å². The van der Waals surface area contributed by atoms with Crippen LogP contribution in [0.3, 0.4) is 0 Å². The van der Waals surface area contributed by atoms with Crippen LogP contribution < -0.4 is 16.5 Å². The van der Waals surface area contributed by atoms with Crippen LogP contribution >= 0.6 is 0 Å². The summed E-state index contributed by atoms with van der Waals surface area (Å²) in [5.41, 5.74) is 8.19. The molecule has 6 heteroatoms. The third kappa shape index (κ3) is 6.13. The van der Waals surface area contributed by atoms with Crippen molar-refractivity contribution in [2.45, 2.75) is 32.9 Å². The van der Waals surface area contributed by atoms with Crippen molar-refractivity contribution in [2.24, 2.45) is 11.7 Å². The van der Waals surface area contributed by atoms with Crippen molar-refractivity contribution in [1.29, 1.82) is 0 Å². The molecule has 1 rings (SSSR count). The second kappa shape index (κ2) is 9.36. The molecule has 0 saturated heterocycles. The van der Waals surface area contributed by atoms with E-state index in [0.29, 0.717) is 5.56 Å². The molecule has 0 aromatic heterocycles. The lowest BCUT2D eigenvalue weighted by atomic mass is 10.1. The fourth-order valence-corrected chi connectivity index (χ4v) is 1.72. The van der Waals surface area contributed by atoms with Gasteiger partial charge in [-0.2, -0.15) is 0 Å². The van der Waals surface area contributed by atoms with Crippen LogP contribution in [0.2, 0.25) is 0 Å². The number of carbonyl (C=O) groups is 2. The van der Waals surface area contributed by atoms with Crippen LogP contribution in [0.25, 0.3) is 0 Å². The predicted octanol–water partition coefficient (Wildman–Crippen LogP) is 0.649. The first-order valence-electron chi connectivity index (χ1n) is 7.47. The third-order valence-corrected chi connectivity index (χ3v) is 2.98. The maximum Gasteiger partial charge on any atom is 0.267 e. The molecule has 24 heavy (non-hydrogen) atoms. The Morgan fingerprint density at radius 3 is 2.25 bits per heavy atom. The highest BCUT2D eigenvalue weighted by Crippen LogP contribution is 2.04. The van der Waals surface area contributed by atoms with Crippen LogP contribution in [0.5, 0.6) is 0 Å². The van der Waals surface area contributed by atoms with Gasteiger partial charge in [-0.1, -0.05) is 25.7 Å². The number of rotatable bonds is 4. The molecule has 2 atom stereocenters. The van der Waals surface area contributed by atoms with E-state index in [1.165, 1.54) is 5.48 Å². The maximum absolute atomic E-state index is 12.1. The van der Waals surface area contributed by atoms with Crippen LogP contribution in [0.4, 0.5) is 0 Å². The monoisotopic (exact) mass is 327 g/mol. The molecule has 0 heterocycles. The Kier molecular flexibility index (Phi) is 7.51. The summed E-state index contributed by atoms with van der Waals surface area (Å²) in [5, 5.41) is 11.2. The number of hydroxylamine groups is 1. The quantitative estimate of drug-likeness (QED) is 0.370. The molecule has 1 unspecified atom stereocenters. The molecule has 0 radical (unpaired) electrons. The van der Waals surface area contributed by atoms with Crippen LogP contribution in [0, 0.1) is 29.6 Å². The molecule has 0 aliphatic rings. The van der Waals surface area contributed by atoms with E-state index in [9.17, 15) is 9.59 Å². The zero-order chi connectivity index (χ0) is 18.1. The van der Waals surface area contributed by atoms with Crippen LogP contribution in [0.15, 0.2) is 24.3 Å². The molecule has 1 aromatic carbocycles.